The third kappa shape index (κ3) is 10.4. The summed E-state index contributed by atoms with van der Waals surface area (Å²) in [4.78, 5) is 34.6. The van der Waals surface area contributed by atoms with E-state index in [1.54, 1.807) is 13.8 Å². The fourth-order valence-corrected chi connectivity index (χ4v) is 2.06. The van der Waals surface area contributed by atoms with E-state index < -0.39 is 28.7 Å². The number of hydrogen-bond acceptors (Lipinski definition) is 5. The Bertz CT molecular complexity index is 372. The minimum absolute atomic E-state index is 0. The molecule has 0 spiro atoms. The average molecular weight is 427 g/mol. The van der Waals surface area contributed by atoms with Crippen LogP contribution in [-0.4, -0.2) is 37.2 Å². The number of hydrogen-bond donors (Lipinski definition) is 1. The number of aliphatic carboxylic acids is 1. The van der Waals surface area contributed by atoms with Crippen LogP contribution >= 0.6 is 0 Å². The van der Waals surface area contributed by atoms with E-state index in [0.29, 0.717) is 6.42 Å². The first-order valence-electron chi connectivity index (χ1n) is 6.04. The zero-order chi connectivity index (χ0) is 15.3. The maximum atomic E-state index is 11.9. The van der Waals surface area contributed by atoms with Gasteiger partial charge in [0.2, 0.25) is 0 Å². The predicted molar refractivity (Wildman–Crippen MR) is 94.3 cm³/mol. The molecular weight excluding hydrogens is 389 g/mol. The van der Waals surface area contributed by atoms with E-state index in [1.807, 2.05) is 0 Å². The molecule has 0 aliphatic heterocycles. The average Bonchev–Trinajstić information content (AvgIpc) is 2.36. The molecule has 0 aromatic rings. The molecule has 145 valence electrons. The summed E-state index contributed by atoms with van der Waals surface area (Å²) in [7, 11) is 2.43. The first-order valence-corrected chi connectivity index (χ1v) is 6.04. The topological polar surface area (TPSA) is 89.9 Å². The SMILES string of the molecule is C.C.C.C.CCC(C)(CC(C)(CC(=O)OC)C(=O)OC)C(=O)O.[Y]. The molecule has 0 fully saturated rings. The molecule has 0 saturated carbocycles. The first-order chi connectivity index (χ1) is 8.65. The van der Waals surface area contributed by atoms with Gasteiger partial charge in [-0.15, -0.1) is 0 Å². The molecule has 0 aliphatic carbocycles. The van der Waals surface area contributed by atoms with Crippen molar-refractivity contribution < 1.29 is 61.7 Å². The van der Waals surface area contributed by atoms with E-state index in [4.69, 9.17) is 4.74 Å². The van der Waals surface area contributed by atoms with Crippen molar-refractivity contribution in [3.05, 3.63) is 0 Å². The Hall–Kier alpha value is -0.486. The van der Waals surface area contributed by atoms with E-state index >= 15 is 0 Å². The quantitative estimate of drug-likeness (QED) is 0.614. The third-order valence-corrected chi connectivity index (χ3v) is 3.52. The second kappa shape index (κ2) is 16.0. The largest absolute Gasteiger partial charge is 0.481 e. The molecule has 0 bridgehead atoms. The van der Waals surface area contributed by atoms with Crippen molar-refractivity contribution in [1.29, 1.82) is 0 Å². The van der Waals surface area contributed by atoms with Gasteiger partial charge in [-0.2, -0.15) is 0 Å². The van der Waals surface area contributed by atoms with Gasteiger partial charge in [-0.05, 0) is 26.7 Å². The number of ether oxygens (including phenoxy) is 2. The fraction of sp³-hybridized carbons (Fsp3) is 0.824. The van der Waals surface area contributed by atoms with Crippen LogP contribution in [-0.2, 0) is 56.6 Å². The number of carbonyl (C=O) groups excluding carboxylic acids is 2. The Kier molecular flexibility index (Phi) is 25.9. The Labute approximate surface area is 173 Å². The number of carbonyl (C=O) groups is 3. The standard InChI is InChI=1S/C13H22O6.4CH4.Y/c1-6-12(2,10(15)16)8-13(3,11(17)19-5)7-9(14)18-4;;;;;/h6-8H2,1-5H3,(H,15,16);4*1H4;. The molecule has 24 heavy (non-hydrogen) atoms. The summed E-state index contributed by atoms with van der Waals surface area (Å²) in [5.74, 6) is -2.19. The minimum Gasteiger partial charge on any atom is -0.481 e. The van der Waals surface area contributed by atoms with Gasteiger partial charge in [-0.25, -0.2) is 0 Å². The van der Waals surface area contributed by atoms with Crippen LogP contribution in [0.1, 0.15) is 69.7 Å². The number of carboxylic acids is 1. The molecule has 0 rings (SSSR count). The molecule has 0 saturated heterocycles. The molecule has 6 nitrogen and oxygen atoms in total. The van der Waals surface area contributed by atoms with Crippen molar-refractivity contribution in [3.8, 4) is 0 Å². The molecule has 1 radical (unpaired) electrons. The van der Waals surface area contributed by atoms with Crippen molar-refractivity contribution in [2.24, 2.45) is 10.8 Å². The number of rotatable bonds is 7. The molecule has 0 amide bonds. The van der Waals surface area contributed by atoms with Crippen LogP contribution in [0.2, 0.25) is 0 Å². The van der Waals surface area contributed by atoms with Crippen LogP contribution in [0.15, 0.2) is 0 Å². The van der Waals surface area contributed by atoms with Crippen molar-refractivity contribution in [3.63, 3.8) is 0 Å². The first kappa shape index (κ1) is 38.9. The maximum Gasteiger partial charge on any atom is 0.312 e. The molecule has 7 heteroatoms. The van der Waals surface area contributed by atoms with Gasteiger partial charge in [0, 0.05) is 32.7 Å². The number of methoxy groups -OCH3 is 2. The van der Waals surface area contributed by atoms with E-state index in [-0.39, 0.29) is 75.3 Å². The Balaban J connectivity index is -0.000000162. The third-order valence-electron chi connectivity index (χ3n) is 3.52. The fourth-order valence-electron chi connectivity index (χ4n) is 2.06. The number of esters is 2. The van der Waals surface area contributed by atoms with Crippen molar-refractivity contribution in [1.82, 2.24) is 0 Å². The normalized spacial score (nSPS) is 13.4. The summed E-state index contributed by atoms with van der Waals surface area (Å²) < 4.78 is 9.25. The molecule has 0 aromatic carbocycles. The summed E-state index contributed by atoms with van der Waals surface area (Å²) in [5.41, 5.74) is -2.32. The van der Waals surface area contributed by atoms with E-state index in [9.17, 15) is 19.5 Å². The van der Waals surface area contributed by atoms with Crippen molar-refractivity contribution in [2.45, 2.75) is 69.7 Å². The van der Waals surface area contributed by atoms with Crippen LogP contribution < -0.4 is 0 Å². The second-order valence-corrected chi connectivity index (χ2v) is 5.20. The van der Waals surface area contributed by atoms with Gasteiger partial charge in [-0.1, -0.05) is 36.6 Å². The van der Waals surface area contributed by atoms with Gasteiger partial charge in [0.15, 0.2) is 0 Å². The zero-order valence-electron chi connectivity index (χ0n) is 12.7. The zero-order valence-corrected chi connectivity index (χ0v) is 15.5. The van der Waals surface area contributed by atoms with Crippen LogP contribution in [0.5, 0.6) is 0 Å². The second-order valence-electron chi connectivity index (χ2n) is 5.20. The van der Waals surface area contributed by atoms with Gasteiger partial charge in [0.25, 0.3) is 0 Å². The molecule has 2 atom stereocenters. The Morgan fingerprint density at radius 2 is 1.33 bits per heavy atom. The summed E-state index contributed by atoms with van der Waals surface area (Å²) in [6.07, 6.45) is 0.142. The number of carboxylic acid groups (broad SMARTS) is 1. The van der Waals surface area contributed by atoms with Crippen LogP contribution in [0, 0.1) is 10.8 Å². The van der Waals surface area contributed by atoms with E-state index in [2.05, 4.69) is 4.74 Å². The minimum atomic E-state index is -1.22. The summed E-state index contributed by atoms with van der Waals surface area (Å²) in [6, 6.07) is 0. The van der Waals surface area contributed by atoms with E-state index in [1.165, 1.54) is 21.1 Å². The predicted octanol–water partition coefficient (Wildman–Crippen LogP) is 4.16. The van der Waals surface area contributed by atoms with Crippen molar-refractivity contribution >= 4 is 17.9 Å². The molecule has 0 aromatic heterocycles. The van der Waals surface area contributed by atoms with E-state index in [0.717, 1.165) is 0 Å². The molecule has 0 heterocycles. The molecule has 2 unspecified atom stereocenters. The van der Waals surface area contributed by atoms with Crippen LogP contribution in [0.3, 0.4) is 0 Å². The van der Waals surface area contributed by atoms with Gasteiger partial charge in [0.1, 0.15) is 0 Å². The van der Waals surface area contributed by atoms with Gasteiger partial charge < -0.3 is 14.6 Å². The molecule has 0 aliphatic rings. The summed E-state index contributed by atoms with van der Waals surface area (Å²) in [5, 5.41) is 9.27. The smallest absolute Gasteiger partial charge is 0.312 e. The maximum absolute atomic E-state index is 11.9. The van der Waals surface area contributed by atoms with Gasteiger partial charge in [-0.3, -0.25) is 14.4 Å². The summed E-state index contributed by atoms with van der Waals surface area (Å²) in [6.45, 7) is 4.80. The van der Waals surface area contributed by atoms with Gasteiger partial charge >= 0.3 is 17.9 Å². The van der Waals surface area contributed by atoms with Crippen LogP contribution in [0.25, 0.3) is 0 Å². The van der Waals surface area contributed by atoms with Crippen LogP contribution in [0.4, 0.5) is 0 Å². The Morgan fingerprint density at radius 1 is 0.917 bits per heavy atom. The Morgan fingerprint density at radius 3 is 1.58 bits per heavy atom. The monoisotopic (exact) mass is 427 g/mol. The molecular formula is C17H38O6Y. The summed E-state index contributed by atoms with van der Waals surface area (Å²) >= 11 is 0. The molecule has 1 N–H and O–H groups in total. The van der Waals surface area contributed by atoms with Crippen molar-refractivity contribution in [2.75, 3.05) is 14.2 Å². The van der Waals surface area contributed by atoms with Gasteiger partial charge in [0.05, 0.1) is 31.5 Å².